The summed E-state index contributed by atoms with van der Waals surface area (Å²) in [5.74, 6) is 0.614. The second-order valence-corrected chi connectivity index (χ2v) is 2.72. The summed E-state index contributed by atoms with van der Waals surface area (Å²) >= 11 is 0. The summed E-state index contributed by atoms with van der Waals surface area (Å²) in [6, 6.07) is 6.64. The van der Waals surface area contributed by atoms with Gasteiger partial charge in [0.05, 0.1) is 12.5 Å². The second kappa shape index (κ2) is 3.33. The van der Waals surface area contributed by atoms with Crippen LogP contribution < -0.4 is 5.73 Å². The molecule has 0 fully saturated rings. The van der Waals surface area contributed by atoms with Gasteiger partial charge < -0.3 is 19.7 Å². The van der Waals surface area contributed by atoms with Crippen LogP contribution in [-0.4, -0.2) is 5.11 Å². The molecule has 3 N–H and O–H groups in total. The average molecular weight is 191 g/mol. The third-order valence-corrected chi connectivity index (χ3v) is 1.80. The summed E-state index contributed by atoms with van der Waals surface area (Å²) in [5, 5.41) is 9.65. The highest BCUT2D eigenvalue weighted by atomic mass is 16.4. The van der Waals surface area contributed by atoms with Gasteiger partial charge in [0.2, 0.25) is 0 Å². The van der Waals surface area contributed by atoms with Crippen molar-refractivity contribution < 1.29 is 13.9 Å². The number of rotatable bonds is 2. The molecule has 0 aromatic carbocycles. The maximum Gasteiger partial charge on any atom is 0.185 e. The van der Waals surface area contributed by atoms with Gasteiger partial charge in [-0.3, -0.25) is 0 Å². The molecule has 0 saturated heterocycles. The molecule has 2 aromatic heterocycles. The summed E-state index contributed by atoms with van der Waals surface area (Å²) < 4.78 is 10.0. The van der Waals surface area contributed by atoms with E-state index in [1.54, 1.807) is 24.3 Å². The fraction of sp³-hybridized carbons (Fsp3) is 0. The Labute approximate surface area is 80.3 Å². The highest BCUT2D eigenvalue weighted by Gasteiger charge is 2.10. The maximum atomic E-state index is 9.65. The zero-order chi connectivity index (χ0) is 9.97. The topological polar surface area (TPSA) is 72.5 Å². The molecule has 2 aromatic rings. The minimum Gasteiger partial charge on any atom is -0.503 e. The minimum absolute atomic E-state index is 0.120. The fourth-order valence-corrected chi connectivity index (χ4v) is 1.09. The standard InChI is InChI=1S/C10H9NO3/c11-9(7-3-1-5-13-7)10(12)8-4-2-6-14-8/h1-6,12H,11H2/b10-9-. The number of hydrogen-bond acceptors (Lipinski definition) is 4. The third kappa shape index (κ3) is 1.37. The largest absolute Gasteiger partial charge is 0.503 e. The van der Waals surface area contributed by atoms with Crippen LogP contribution in [0.2, 0.25) is 0 Å². The molecule has 4 heteroatoms. The van der Waals surface area contributed by atoms with Crippen molar-refractivity contribution in [3.8, 4) is 0 Å². The molecule has 0 spiro atoms. The summed E-state index contributed by atoms with van der Waals surface area (Å²) in [7, 11) is 0. The lowest BCUT2D eigenvalue weighted by Gasteiger charge is -1.99. The van der Waals surface area contributed by atoms with Crippen molar-refractivity contribution in [3.63, 3.8) is 0 Å². The van der Waals surface area contributed by atoms with Gasteiger partial charge in [-0.05, 0) is 24.3 Å². The molecule has 0 aliphatic rings. The zero-order valence-electron chi connectivity index (χ0n) is 7.31. The molecular formula is C10H9NO3. The van der Waals surface area contributed by atoms with Gasteiger partial charge >= 0.3 is 0 Å². The fourth-order valence-electron chi connectivity index (χ4n) is 1.09. The van der Waals surface area contributed by atoms with Crippen LogP contribution in [-0.2, 0) is 0 Å². The van der Waals surface area contributed by atoms with E-state index in [1.807, 2.05) is 0 Å². The Bertz CT molecular complexity index is 384. The van der Waals surface area contributed by atoms with Crippen LogP contribution in [0.25, 0.3) is 11.5 Å². The first-order chi connectivity index (χ1) is 6.79. The maximum absolute atomic E-state index is 9.65. The molecular weight excluding hydrogens is 182 g/mol. The van der Waals surface area contributed by atoms with Crippen molar-refractivity contribution in [1.29, 1.82) is 0 Å². The monoisotopic (exact) mass is 191 g/mol. The summed E-state index contributed by atoms with van der Waals surface area (Å²) in [4.78, 5) is 0. The van der Waals surface area contributed by atoms with E-state index in [-0.39, 0.29) is 11.5 Å². The Morgan fingerprint density at radius 1 is 1.07 bits per heavy atom. The summed E-state index contributed by atoms with van der Waals surface area (Å²) in [6.07, 6.45) is 2.94. The Kier molecular flexibility index (Phi) is 2.02. The molecule has 2 heterocycles. The molecule has 72 valence electrons. The lowest BCUT2D eigenvalue weighted by Crippen LogP contribution is -1.99. The SMILES string of the molecule is N/C(=C(\O)c1ccco1)c1ccco1. The van der Waals surface area contributed by atoms with Crippen molar-refractivity contribution >= 4 is 11.5 Å². The van der Waals surface area contributed by atoms with Gasteiger partial charge in [-0.15, -0.1) is 0 Å². The van der Waals surface area contributed by atoms with Gasteiger partial charge in [0.15, 0.2) is 17.3 Å². The molecule has 0 aliphatic heterocycles. The Morgan fingerprint density at radius 3 is 2.14 bits per heavy atom. The molecule has 0 unspecified atom stereocenters. The van der Waals surface area contributed by atoms with E-state index in [9.17, 15) is 5.11 Å². The van der Waals surface area contributed by atoms with Crippen LogP contribution in [0, 0.1) is 0 Å². The van der Waals surface area contributed by atoms with Crippen LogP contribution in [0.15, 0.2) is 45.6 Å². The van der Waals surface area contributed by atoms with Gasteiger partial charge in [0.1, 0.15) is 5.70 Å². The number of nitrogens with two attached hydrogens (primary N) is 1. The van der Waals surface area contributed by atoms with Crippen LogP contribution in [0.3, 0.4) is 0 Å². The van der Waals surface area contributed by atoms with Crippen LogP contribution >= 0.6 is 0 Å². The van der Waals surface area contributed by atoms with E-state index >= 15 is 0 Å². The van der Waals surface area contributed by atoms with Gasteiger partial charge in [0, 0.05) is 0 Å². The first kappa shape index (κ1) is 8.50. The van der Waals surface area contributed by atoms with E-state index in [0.29, 0.717) is 11.5 Å². The number of aliphatic hydroxyl groups is 1. The number of hydrogen-bond donors (Lipinski definition) is 2. The predicted molar refractivity (Wildman–Crippen MR) is 51.0 cm³/mol. The highest BCUT2D eigenvalue weighted by molar-refractivity contribution is 5.81. The van der Waals surface area contributed by atoms with E-state index in [2.05, 4.69) is 0 Å². The number of aliphatic hydroxyl groups excluding tert-OH is 1. The van der Waals surface area contributed by atoms with E-state index in [1.165, 1.54) is 12.5 Å². The van der Waals surface area contributed by atoms with E-state index in [4.69, 9.17) is 14.6 Å². The molecule has 0 aliphatic carbocycles. The molecule has 0 bridgehead atoms. The predicted octanol–water partition coefficient (Wildman–Crippen LogP) is 2.22. The van der Waals surface area contributed by atoms with Crippen molar-refractivity contribution in [2.45, 2.75) is 0 Å². The van der Waals surface area contributed by atoms with E-state index in [0.717, 1.165) is 0 Å². The molecule has 2 rings (SSSR count). The zero-order valence-corrected chi connectivity index (χ0v) is 7.31. The lowest BCUT2D eigenvalue weighted by atomic mass is 10.2. The van der Waals surface area contributed by atoms with Gasteiger partial charge in [-0.2, -0.15) is 0 Å². The smallest absolute Gasteiger partial charge is 0.185 e. The van der Waals surface area contributed by atoms with Crippen molar-refractivity contribution in [3.05, 3.63) is 48.3 Å². The average Bonchev–Trinajstić information content (AvgIpc) is 2.87. The van der Waals surface area contributed by atoms with Gasteiger partial charge in [-0.25, -0.2) is 0 Å². The lowest BCUT2D eigenvalue weighted by molar-refractivity contribution is 0.457. The van der Waals surface area contributed by atoms with Crippen LogP contribution in [0.1, 0.15) is 11.5 Å². The summed E-state index contributed by atoms with van der Waals surface area (Å²) in [5.41, 5.74) is 5.81. The first-order valence-corrected chi connectivity index (χ1v) is 4.05. The quantitative estimate of drug-likeness (QED) is 0.714. The van der Waals surface area contributed by atoms with Crippen LogP contribution in [0.4, 0.5) is 0 Å². The molecule has 0 saturated carbocycles. The normalized spacial score (nSPS) is 12.6. The molecule has 0 atom stereocenters. The minimum atomic E-state index is -0.120. The Hall–Kier alpha value is -2.10. The highest BCUT2D eigenvalue weighted by Crippen LogP contribution is 2.20. The van der Waals surface area contributed by atoms with Crippen molar-refractivity contribution in [2.75, 3.05) is 0 Å². The molecule has 0 radical (unpaired) electrons. The molecule has 14 heavy (non-hydrogen) atoms. The summed E-state index contributed by atoms with van der Waals surface area (Å²) in [6.45, 7) is 0. The van der Waals surface area contributed by atoms with Crippen molar-refractivity contribution in [1.82, 2.24) is 0 Å². The van der Waals surface area contributed by atoms with E-state index < -0.39 is 0 Å². The molecule has 4 nitrogen and oxygen atoms in total. The van der Waals surface area contributed by atoms with Gasteiger partial charge in [-0.1, -0.05) is 0 Å². The van der Waals surface area contributed by atoms with Crippen LogP contribution in [0.5, 0.6) is 0 Å². The van der Waals surface area contributed by atoms with Gasteiger partial charge in [0.25, 0.3) is 0 Å². The molecule has 0 amide bonds. The Morgan fingerprint density at radius 2 is 1.64 bits per heavy atom. The van der Waals surface area contributed by atoms with Crippen molar-refractivity contribution in [2.24, 2.45) is 5.73 Å². The number of furan rings is 2. The Balaban J connectivity index is 2.41. The first-order valence-electron chi connectivity index (χ1n) is 4.05. The third-order valence-electron chi connectivity index (χ3n) is 1.80. The second-order valence-electron chi connectivity index (χ2n) is 2.72.